The number of rotatable bonds is 5. The predicted octanol–water partition coefficient (Wildman–Crippen LogP) is 4.25. The molecule has 0 spiro atoms. The summed E-state index contributed by atoms with van der Waals surface area (Å²) in [5.41, 5.74) is 4.85. The lowest BCUT2D eigenvalue weighted by atomic mass is 9.97. The topological polar surface area (TPSA) is 78.4 Å². The summed E-state index contributed by atoms with van der Waals surface area (Å²) in [5, 5.41) is 4.14. The number of imide groups is 1. The summed E-state index contributed by atoms with van der Waals surface area (Å²) < 4.78 is 0.952. The second-order valence-corrected chi connectivity index (χ2v) is 12.5. The molecule has 36 heavy (non-hydrogen) atoms. The van der Waals surface area contributed by atoms with Gasteiger partial charge in [0.05, 0.1) is 34.3 Å². The monoisotopic (exact) mass is 523 g/mol. The van der Waals surface area contributed by atoms with Crippen LogP contribution in [0.5, 0.6) is 0 Å². The fourth-order valence-corrected chi connectivity index (χ4v) is 7.38. The van der Waals surface area contributed by atoms with Crippen molar-refractivity contribution in [2.24, 2.45) is 17.3 Å². The Morgan fingerprint density at radius 2 is 1.89 bits per heavy atom. The van der Waals surface area contributed by atoms with Crippen molar-refractivity contribution >= 4 is 45.0 Å². The molecule has 3 atom stereocenters. The lowest BCUT2D eigenvalue weighted by Crippen LogP contribution is -2.49. The van der Waals surface area contributed by atoms with Gasteiger partial charge in [0, 0.05) is 47.7 Å². The van der Waals surface area contributed by atoms with Crippen LogP contribution in [0, 0.1) is 24.2 Å². The highest BCUT2D eigenvalue weighted by atomic mass is 35.5. The molecule has 1 saturated carbocycles. The summed E-state index contributed by atoms with van der Waals surface area (Å²) in [6, 6.07) is 6.44. The van der Waals surface area contributed by atoms with E-state index in [2.05, 4.69) is 29.0 Å². The van der Waals surface area contributed by atoms with E-state index in [1.54, 1.807) is 17.7 Å². The minimum absolute atomic E-state index is 0.0448. The van der Waals surface area contributed by atoms with Crippen molar-refractivity contribution in [1.29, 1.82) is 0 Å². The van der Waals surface area contributed by atoms with Crippen molar-refractivity contribution in [3.05, 3.63) is 45.6 Å². The number of aryl methyl sites for hydroxylation is 1. The van der Waals surface area contributed by atoms with Gasteiger partial charge in [-0.15, -0.1) is 11.3 Å². The maximum atomic E-state index is 12.9. The van der Waals surface area contributed by atoms with Gasteiger partial charge in [0.15, 0.2) is 0 Å². The summed E-state index contributed by atoms with van der Waals surface area (Å²) in [6.45, 7) is 12.4. The number of carbonyl (C=O) groups is 2. The van der Waals surface area contributed by atoms with E-state index < -0.39 is 0 Å². The third-order valence-electron chi connectivity index (χ3n) is 8.26. The Balaban J connectivity index is 1.36. The molecule has 2 saturated heterocycles. The first-order valence-corrected chi connectivity index (χ1v) is 13.7. The number of hydrogen-bond acceptors (Lipinski definition) is 7. The first kappa shape index (κ1) is 24.0. The van der Waals surface area contributed by atoms with Gasteiger partial charge in [-0.05, 0) is 48.6 Å². The quantitative estimate of drug-likeness (QED) is 0.504. The Hall–Kier alpha value is -2.39. The molecule has 1 aliphatic carbocycles. The second kappa shape index (κ2) is 8.58. The number of piperidine rings is 1. The van der Waals surface area contributed by atoms with E-state index in [-0.39, 0.29) is 29.1 Å². The molecule has 2 aromatic heterocycles. The molecule has 2 aliphatic heterocycles. The van der Waals surface area contributed by atoms with Crippen molar-refractivity contribution in [1.82, 2.24) is 25.1 Å². The molecule has 1 aromatic carbocycles. The Kier molecular flexibility index (Phi) is 5.72. The Morgan fingerprint density at radius 3 is 2.61 bits per heavy atom. The molecule has 9 heteroatoms. The number of benzene rings is 1. The number of halogens is 1. The summed E-state index contributed by atoms with van der Waals surface area (Å²) in [7, 11) is 0. The molecule has 188 valence electrons. The molecule has 0 radical (unpaired) electrons. The number of amides is 2. The van der Waals surface area contributed by atoms with Crippen LogP contribution in [-0.2, 0) is 22.7 Å². The van der Waals surface area contributed by atoms with Gasteiger partial charge in [-0.3, -0.25) is 19.4 Å². The average molecular weight is 524 g/mol. The van der Waals surface area contributed by atoms with Crippen LogP contribution in [0.3, 0.4) is 0 Å². The first-order valence-electron chi connectivity index (χ1n) is 12.5. The third-order valence-corrected chi connectivity index (χ3v) is 9.59. The van der Waals surface area contributed by atoms with E-state index >= 15 is 0 Å². The van der Waals surface area contributed by atoms with Crippen LogP contribution in [0.1, 0.15) is 36.8 Å². The number of hydrogen-bond donors (Lipinski definition) is 1. The fraction of sp³-hybridized carbons (Fsp3) is 0.481. The average Bonchev–Trinajstić information content (AvgIpc) is 3.08. The van der Waals surface area contributed by atoms with Gasteiger partial charge in [-0.1, -0.05) is 25.4 Å². The molecule has 4 heterocycles. The lowest BCUT2D eigenvalue weighted by Gasteiger charge is -2.34. The van der Waals surface area contributed by atoms with Crippen molar-refractivity contribution < 1.29 is 9.59 Å². The van der Waals surface area contributed by atoms with Gasteiger partial charge in [0.25, 0.3) is 0 Å². The lowest BCUT2D eigenvalue weighted by molar-refractivity contribution is -0.143. The number of thiophene rings is 1. The highest BCUT2D eigenvalue weighted by Crippen LogP contribution is 2.63. The zero-order valence-electron chi connectivity index (χ0n) is 21.0. The van der Waals surface area contributed by atoms with Crippen molar-refractivity contribution in [3.63, 3.8) is 0 Å². The molecule has 3 fully saturated rings. The van der Waals surface area contributed by atoms with E-state index in [1.165, 1.54) is 10.5 Å². The van der Waals surface area contributed by atoms with Crippen LogP contribution in [0.25, 0.3) is 21.5 Å². The normalized spacial score (nSPS) is 25.6. The number of likely N-dealkylation sites (tertiary alicyclic amines) is 1. The maximum Gasteiger partial charge on any atom is 0.234 e. The maximum absolute atomic E-state index is 12.9. The molecular weight excluding hydrogens is 494 g/mol. The standard InChI is InChI=1S/C27H30ClN5O2S/c1-14-7-16(28)8-18(19(14)12-32-6-5-29-10-15(32)2)23-24-20(30-13-31-23)9-17(36-24)11-33-25(34)21-22(26(33)35)27(21,3)4/h7-9,13,15,21-22,29H,5-6,10-12H2,1-4H3/t15-,21?,22?/m0/s1. The van der Waals surface area contributed by atoms with Crippen LogP contribution in [-0.4, -0.2) is 57.3 Å². The second-order valence-electron chi connectivity index (χ2n) is 11.0. The van der Waals surface area contributed by atoms with E-state index in [9.17, 15) is 9.59 Å². The Morgan fingerprint density at radius 1 is 1.14 bits per heavy atom. The molecule has 6 rings (SSSR count). The highest BCUT2D eigenvalue weighted by molar-refractivity contribution is 7.19. The summed E-state index contributed by atoms with van der Waals surface area (Å²) >= 11 is 8.10. The number of carbonyl (C=O) groups excluding carboxylic acids is 2. The van der Waals surface area contributed by atoms with Crippen molar-refractivity contribution in [3.8, 4) is 11.3 Å². The summed E-state index contributed by atoms with van der Waals surface area (Å²) in [5.74, 6) is -0.425. The molecule has 1 N–H and O–H groups in total. The zero-order valence-corrected chi connectivity index (χ0v) is 22.5. The third kappa shape index (κ3) is 3.77. The Labute approximate surface area is 219 Å². The number of aromatic nitrogens is 2. The van der Waals surface area contributed by atoms with Crippen LogP contribution in [0.15, 0.2) is 24.5 Å². The molecule has 2 unspecified atom stereocenters. The molecule has 7 nitrogen and oxygen atoms in total. The molecule has 3 aromatic rings. The van der Waals surface area contributed by atoms with Crippen molar-refractivity contribution in [2.75, 3.05) is 19.6 Å². The largest absolute Gasteiger partial charge is 0.314 e. The van der Waals surface area contributed by atoms with Gasteiger partial charge in [-0.2, -0.15) is 0 Å². The van der Waals surface area contributed by atoms with E-state index in [0.29, 0.717) is 17.6 Å². The van der Waals surface area contributed by atoms with Crippen molar-refractivity contribution in [2.45, 2.75) is 46.8 Å². The number of piperazine rings is 1. The number of fused-ring (bicyclic) bond motifs is 2. The smallest absolute Gasteiger partial charge is 0.234 e. The van der Waals surface area contributed by atoms with Gasteiger partial charge >= 0.3 is 0 Å². The minimum Gasteiger partial charge on any atom is -0.314 e. The summed E-state index contributed by atoms with van der Waals surface area (Å²) in [6.07, 6.45) is 1.59. The van der Waals surface area contributed by atoms with Crippen LogP contribution in [0.2, 0.25) is 5.02 Å². The van der Waals surface area contributed by atoms with Gasteiger partial charge in [-0.25, -0.2) is 9.97 Å². The highest BCUT2D eigenvalue weighted by Gasteiger charge is 2.72. The zero-order chi connectivity index (χ0) is 25.4. The summed E-state index contributed by atoms with van der Waals surface area (Å²) in [4.78, 5) is 39.8. The van der Waals surface area contributed by atoms with Crippen LogP contribution < -0.4 is 5.32 Å². The molecule has 0 bridgehead atoms. The van der Waals surface area contributed by atoms with Gasteiger partial charge in [0.2, 0.25) is 11.8 Å². The van der Waals surface area contributed by atoms with Gasteiger partial charge in [0.1, 0.15) is 6.33 Å². The fourth-order valence-electron chi connectivity index (χ4n) is 6.00. The van der Waals surface area contributed by atoms with E-state index in [4.69, 9.17) is 16.6 Å². The first-order chi connectivity index (χ1) is 17.2. The number of nitrogens with one attached hydrogen (secondary N) is 1. The SMILES string of the molecule is Cc1cc(Cl)cc(-c2ncnc3cc(CN4C(=O)C5C(C4=O)C5(C)C)sc23)c1CN1CCNC[C@@H]1C. The number of nitrogens with zero attached hydrogens (tertiary/aromatic N) is 4. The Bertz CT molecular complexity index is 1380. The molecule has 2 amide bonds. The minimum atomic E-state index is -0.202. The van der Waals surface area contributed by atoms with Crippen LogP contribution in [0.4, 0.5) is 0 Å². The van der Waals surface area contributed by atoms with E-state index in [0.717, 1.165) is 58.1 Å². The van der Waals surface area contributed by atoms with Gasteiger partial charge < -0.3 is 5.32 Å². The van der Waals surface area contributed by atoms with Crippen LogP contribution >= 0.6 is 22.9 Å². The molecule has 3 aliphatic rings. The van der Waals surface area contributed by atoms with E-state index in [1.807, 2.05) is 32.0 Å². The predicted molar refractivity (Wildman–Crippen MR) is 142 cm³/mol. The molecular formula is C27H30ClN5O2S.